The Morgan fingerprint density at radius 2 is 2.12 bits per heavy atom. The number of benzene rings is 1. The lowest BCUT2D eigenvalue weighted by Gasteiger charge is -2.23. The Hall–Kier alpha value is -1.35. The molecule has 0 amide bonds. The summed E-state index contributed by atoms with van der Waals surface area (Å²) in [6.45, 7) is 5.73. The van der Waals surface area contributed by atoms with Crippen molar-refractivity contribution in [3.8, 4) is 0 Å². The first kappa shape index (κ1) is 12.7. The number of aryl methyl sites for hydroxylation is 1. The Kier molecular flexibility index (Phi) is 4.99. The van der Waals surface area contributed by atoms with Crippen LogP contribution in [0.4, 0.5) is 5.69 Å². The molecule has 88 valence electrons. The summed E-state index contributed by atoms with van der Waals surface area (Å²) in [6.07, 6.45) is 1.91. The number of rotatable bonds is 6. The molecule has 0 aliphatic rings. The van der Waals surface area contributed by atoms with Gasteiger partial charge >= 0.3 is 0 Å². The molecule has 3 heteroatoms. The van der Waals surface area contributed by atoms with Crippen LogP contribution in [0.25, 0.3) is 0 Å². The summed E-state index contributed by atoms with van der Waals surface area (Å²) in [5, 5.41) is 9.00. The average molecular weight is 221 g/mol. The van der Waals surface area contributed by atoms with E-state index < -0.39 is 0 Å². The molecule has 3 nitrogen and oxygen atoms in total. The van der Waals surface area contributed by atoms with E-state index in [0.717, 1.165) is 36.1 Å². The monoisotopic (exact) mass is 221 g/mol. The van der Waals surface area contributed by atoms with Gasteiger partial charge in [-0.05, 0) is 37.1 Å². The van der Waals surface area contributed by atoms with Crippen LogP contribution in [-0.4, -0.2) is 31.1 Å². The first-order valence-electron chi connectivity index (χ1n) is 5.64. The fraction of sp³-hybridized carbons (Fsp3) is 0.462. The van der Waals surface area contributed by atoms with Gasteiger partial charge in [-0.15, -0.1) is 0 Å². The third kappa shape index (κ3) is 3.07. The van der Waals surface area contributed by atoms with Crippen molar-refractivity contribution in [1.29, 1.82) is 0 Å². The third-order valence-corrected chi connectivity index (χ3v) is 2.61. The molecule has 0 radical (unpaired) electrons. The van der Waals surface area contributed by atoms with Crippen molar-refractivity contribution < 1.29 is 9.90 Å². The van der Waals surface area contributed by atoms with Crippen LogP contribution in [0.2, 0.25) is 0 Å². The van der Waals surface area contributed by atoms with Crippen molar-refractivity contribution in [2.24, 2.45) is 0 Å². The molecule has 1 N–H and O–H groups in total. The molecule has 0 heterocycles. The lowest BCUT2D eigenvalue weighted by atomic mass is 10.1. The van der Waals surface area contributed by atoms with Gasteiger partial charge in [0.05, 0.1) is 6.61 Å². The van der Waals surface area contributed by atoms with Gasteiger partial charge < -0.3 is 10.0 Å². The number of nitrogens with zero attached hydrogens (tertiary/aromatic N) is 1. The first-order chi connectivity index (χ1) is 7.72. The van der Waals surface area contributed by atoms with E-state index in [9.17, 15) is 4.79 Å². The maximum Gasteiger partial charge on any atom is 0.150 e. The topological polar surface area (TPSA) is 40.5 Å². The Labute approximate surface area is 96.7 Å². The molecule has 0 aliphatic heterocycles. The third-order valence-electron chi connectivity index (χ3n) is 2.61. The van der Waals surface area contributed by atoms with Gasteiger partial charge in [-0.2, -0.15) is 0 Å². The molecule has 0 aliphatic carbocycles. The number of aldehydes is 1. The molecule has 0 saturated heterocycles. The van der Waals surface area contributed by atoms with Crippen molar-refractivity contribution >= 4 is 12.0 Å². The second-order valence-corrected chi connectivity index (χ2v) is 3.87. The van der Waals surface area contributed by atoms with Crippen LogP contribution in [0.1, 0.15) is 29.3 Å². The number of hydrogen-bond donors (Lipinski definition) is 1. The minimum Gasteiger partial charge on any atom is -0.395 e. The van der Waals surface area contributed by atoms with Crippen molar-refractivity contribution in [3.05, 3.63) is 29.3 Å². The summed E-state index contributed by atoms with van der Waals surface area (Å²) in [7, 11) is 0. The minimum atomic E-state index is 0.147. The van der Waals surface area contributed by atoms with Gasteiger partial charge in [0, 0.05) is 24.3 Å². The second-order valence-electron chi connectivity index (χ2n) is 3.87. The quantitative estimate of drug-likeness (QED) is 0.747. The second kappa shape index (κ2) is 6.28. The van der Waals surface area contributed by atoms with Gasteiger partial charge in [-0.25, -0.2) is 0 Å². The summed E-state index contributed by atoms with van der Waals surface area (Å²) < 4.78 is 0. The van der Waals surface area contributed by atoms with Gasteiger partial charge in [0.15, 0.2) is 0 Å². The van der Waals surface area contributed by atoms with Crippen molar-refractivity contribution in [3.63, 3.8) is 0 Å². The zero-order chi connectivity index (χ0) is 12.0. The van der Waals surface area contributed by atoms with Crippen LogP contribution in [0.15, 0.2) is 18.2 Å². The SMILES string of the molecule is CCCN(CCO)c1ccc(C=O)c(C)c1. The lowest BCUT2D eigenvalue weighted by molar-refractivity contribution is 0.112. The molecule has 16 heavy (non-hydrogen) atoms. The van der Waals surface area contributed by atoms with Crippen LogP contribution < -0.4 is 4.90 Å². The molecule has 0 unspecified atom stereocenters. The summed E-state index contributed by atoms with van der Waals surface area (Å²) in [6, 6.07) is 5.76. The fourth-order valence-electron chi connectivity index (χ4n) is 1.75. The summed E-state index contributed by atoms with van der Waals surface area (Å²) in [5.74, 6) is 0. The summed E-state index contributed by atoms with van der Waals surface area (Å²) >= 11 is 0. The smallest absolute Gasteiger partial charge is 0.150 e. The number of carbonyl (C=O) groups is 1. The van der Waals surface area contributed by atoms with E-state index in [0.29, 0.717) is 6.54 Å². The van der Waals surface area contributed by atoms with E-state index in [4.69, 9.17) is 5.11 Å². The van der Waals surface area contributed by atoms with Gasteiger partial charge in [-0.1, -0.05) is 6.92 Å². The highest BCUT2D eigenvalue weighted by Gasteiger charge is 2.06. The van der Waals surface area contributed by atoms with Gasteiger partial charge in [-0.3, -0.25) is 4.79 Å². The van der Waals surface area contributed by atoms with Crippen LogP contribution in [0.3, 0.4) is 0 Å². The van der Waals surface area contributed by atoms with Gasteiger partial charge in [0.25, 0.3) is 0 Å². The molecule has 1 rings (SSSR count). The Balaban J connectivity index is 2.91. The van der Waals surface area contributed by atoms with Crippen LogP contribution in [-0.2, 0) is 0 Å². The Morgan fingerprint density at radius 3 is 2.62 bits per heavy atom. The molecule has 0 aromatic heterocycles. The largest absolute Gasteiger partial charge is 0.395 e. The number of carbonyl (C=O) groups excluding carboxylic acids is 1. The normalized spacial score (nSPS) is 10.2. The van der Waals surface area contributed by atoms with Crippen molar-refractivity contribution in [2.75, 3.05) is 24.6 Å². The number of aliphatic hydroxyl groups excluding tert-OH is 1. The molecule has 1 aromatic carbocycles. The minimum absolute atomic E-state index is 0.147. The molecule has 0 atom stereocenters. The molecule has 0 saturated carbocycles. The van der Waals surface area contributed by atoms with Crippen molar-refractivity contribution in [1.82, 2.24) is 0 Å². The van der Waals surface area contributed by atoms with Crippen LogP contribution >= 0.6 is 0 Å². The number of hydrogen-bond acceptors (Lipinski definition) is 3. The maximum atomic E-state index is 10.7. The van der Waals surface area contributed by atoms with E-state index in [1.807, 2.05) is 25.1 Å². The van der Waals surface area contributed by atoms with E-state index in [-0.39, 0.29) is 6.61 Å². The van der Waals surface area contributed by atoms with E-state index >= 15 is 0 Å². The molecule has 0 spiro atoms. The van der Waals surface area contributed by atoms with E-state index in [1.54, 1.807) is 0 Å². The molecular formula is C13H19NO2. The first-order valence-corrected chi connectivity index (χ1v) is 5.64. The highest BCUT2D eigenvalue weighted by molar-refractivity contribution is 5.78. The highest BCUT2D eigenvalue weighted by atomic mass is 16.3. The van der Waals surface area contributed by atoms with Crippen LogP contribution in [0, 0.1) is 6.92 Å². The predicted molar refractivity (Wildman–Crippen MR) is 66.2 cm³/mol. The zero-order valence-corrected chi connectivity index (χ0v) is 9.94. The van der Waals surface area contributed by atoms with Gasteiger partial charge in [0.2, 0.25) is 0 Å². The predicted octanol–water partition coefficient (Wildman–Crippen LogP) is 2.02. The standard InChI is InChI=1S/C13H19NO2/c1-3-6-14(7-8-15)13-5-4-12(10-16)11(2)9-13/h4-5,9-10,15H,3,6-8H2,1-2H3. The van der Waals surface area contributed by atoms with Crippen molar-refractivity contribution in [2.45, 2.75) is 20.3 Å². The summed E-state index contributed by atoms with van der Waals surface area (Å²) in [5.41, 5.74) is 2.77. The maximum absolute atomic E-state index is 10.7. The Bertz CT molecular complexity index is 344. The number of anilines is 1. The molecule has 0 bridgehead atoms. The molecular weight excluding hydrogens is 202 g/mol. The fourth-order valence-corrected chi connectivity index (χ4v) is 1.75. The Morgan fingerprint density at radius 1 is 1.38 bits per heavy atom. The zero-order valence-electron chi connectivity index (χ0n) is 9.94. The lowest BCUT2D eigenvalue weighted by Crippen LogP contribution is -2.27. The summed E-state index contributed by atoms with van der Waals surface area (Å²) in [4.78, 5) is 12.8. The molecule has 1 aromatic rings. The highest BCUT2D eigenvalue weighted by Crippen LogP contribution is 2.18. The molecule has 0 fully saturated rings. The van der Waals surface area contributed by atoms with E-state index in [1.165, 1.54) is 0 Å². The average Bonchev–Trinajstić information content (AvgIpc) is 2.28. The number of aliphatic hydroxyl groups is 1. The van der Waals surface area contributed by atoms with E-state index in [2.05, 4.69) is 11.8 Å². The van der Waals surface area contributed by atoms with Crippen LogP contribution in [0.5, 0.6) is 0 Å². The van der Waals surface area contributed by atoms with Gasteiger partial charge in [0.1, 0.15) is 6.29 Å².